The highest BCUT2D eigenvalue weighted by Crippen LogP contribution is 2.22. The van der Waals surface area contributed by atoms with Crippen molar-refractivity contribution in [3.63, 3.8) is 0 Å². The molecule has 0 fully saturated rings. The molecule has 1 aromatic rings. The summed E-state index contributed by atoms with van der Waals surface area (Å²) in [6.07, 6.45) is 2.97. The highest BCUT2D eigenvalue weighted by Gasteiger charge is 2.13. The van der Waals surface area contributed by atoms with Gasteiger partial charge in [-0.1, -0.05) is 47.7 Å². The predicted molar refractivity (Wildman–Crippen MR) is 97.9 cm³/mol. The van der Waals surface area contributed by atoms with Crippen molar-refractivity contribution in [1.29, 1.82) is 0 Å². The minimum Gasteiger partial charge on any atom is -0.461 e. The lowest BCUT2D eigenvalue weighted by Gasteiger charge is -2.14. The van der Waals surface area contributed by atoms with E-state index in [0.717, 1.165) is 26.8 Å². The molecule has 0 amide bonds. The lowest BCUT2D eigenvalue weighted by atomic mass is 10.1. The van der Waals surface area contributed by atoms with Gasteiger partial charge in [0.2, 0.25) is 0 Å². The number of thioether (sulfide) groups is 1. The van der Waals surface area contributed by atoms with Gasteiger partial charge in [-0.15, -0.1) is 11.8 Å². The molecule has 0 bridgehead atoms. The third kappa shape index (κ3) is 6.80. The van der Waals surface area contributed by atoms with Gasteiger partial charge < -0.3 is 4.74 Å². The van der Waals surface area contributed by atoms with Gasteiger partial charge in [0, 0.05) is 28.7 Å². The van der Waals surface area contributed by atoms with Crippen molar-refractivity contribution in [2.45, 2.75) is 33.2 Å². The van der Waals surface area contributed by atoms with Crippen LogP contribution in [0.2, 0.25) is 19.6 Å². The number of hydrogen-bond acceptors (Lipinski definition) is 4. The van der Waals surface area contributed by atoms with Crippen LogP contribution in [0.3, 0.4) is 0 Å². The third-order valence-corrected chi connectivity index (χ3v) is 5.22. The summed E-state index contributed by atoms with van der Waals surface area (Å²) in [5, 5.41) is 1.05. The SMILES string of the molecule is CSC(=NC[Si](C)(C)C)c1ccc(COC(C)=O)c(Br)c1. The molecule has 0 aliphatic heterocycles. The van der Waals surface area contributed by atoms with Crippen LogP contribution in [0.4, 0.5) is 0 Å². The van der Waals surface area contributed by atoms with Crippen LogP contribution >= 0.6 is 27.7 Å². The van der Waals surface area contributed by atoms with Gasteiger partial charge in [-0.3, -0.25) is 9.79 Å². The Labute approximate surface area is 140 Å². The van der Waals surface area contributed by atoms with Gasteiger partial charge >= 0.3 is 5.97 Å². The lowest BCUT2D eigenvalue weighted by Crippen LogP contribution is -2.25. The molecular formula is C15H22BrNO2SSi. The molecule has 0 unspecified atom stereocenters. The third-order valence-electron chi connectivity index (χ3n) is 2.62. The maximum Gasteiger partial charge on any atom is 0.302 e. The molecule has 0 aliphatic carbocycles. The van der Waals surface area contributed by atoms with Crippen LogP contribution in [-0.2, 0) is 16.1 Å². The van der Waals surface area contributed by atoms with Gasteiger partial charge in [-0.2, -0.15) is 0 Å². The largest absolute Gasteiger partial charge is 0.461 e. The van der Waals surface area contributed by atoms with E-state index in [1.165, 1.54) is 6.92 Å². The monoisotopic (exact) mass is 387 g/mol. The first kappa shape index (κ1) is 18.5. The van der Waals surface area contributed by atoms with Crippen LogP contribution in [0.25, 0.3) is 0 Å². The lowest BCUT2D eigenvalue weighted by molar-refractivity contribution is -0.142. The van der Waals surface area contributed by atoms with E-state index in [9.17, 15) is 4.79 Å². The molecule has 6 heteroatoms. The van der Waals surface area contributed by atoms with Crippen molar-refractivity contribution in [3.8, 4) is 0 Å². The minimum absolute atomic E-state index is 0.271. The van der Waals surface area contributed by atoms with E-state index in [2.05, 4.69) is 35.6 Å². The molecule has 3 nitrogen and oxygen atoms in total. The molecule has 0 N–H and O–H groups in total. The summed E-state index contributed by atoms with van der Waals surface area (Å²) in [6.45, 7) is 8.64. The Bertz CT molecular complexity index is 541. The number of hydrogen-bond donors (Lipinski definition) is 0. The number of esters is 1. The molecule has 1 aromatic carbocycles. The summed E-state index contributed by atoms with van der Waals surface area (Å²) in [5.41, 5.74) is 2.05. The highest BCUT2D eigenvalue weighted by atomic mass is 79.9. The number of benzene rings is 1. The van der Waals surface area contributed by atoms with E-state index < -0.39 is 8.07 Å². The number of halogens is 1. The Balaban J connectivity index is 2.92. The maximum absolute atomic E-state index is 10.9. The minimum atomic E-state index is -1.19. The topological polar surface area (TPSA) is 38.7 Å². The summed E-state index contributed by atoms with van der Waals surface area (Å²) in [7, 11) is -1.19. The number of ether oxygens (including phenoxy) is 1. The molecule has 0 aliphatic rings. The number of aliphatic imine (C=N–C) groups is 1. The van der Waals surface area contributed by atoms with Crippen LogP contribution in [0.1, 0.15) is 18.1 Å². The van der Waals surface area contributed by atoms with Crippen LogP contribution < -0.4 is 0 Å². The quantitative estimate of drug-likeness (QED) is 0.323. The fourth-order valence-corrected chi connectivity index (χ4v) is 3.36. The zero-order valence-electron chi connectivity index (χ0n) is 13.2. The Kier molecular flexibility index (Phi) is 7.16. The fraction of sp³-hybridized carbons (Fsp3) is 0.467. The molecule has 0 saturated heterocycles. The van der Waals surface area contributed by atoms with E-state index in [-0.39, 0.29) is 12.6 Å². The smallest absolute Gasteiger partial charge is 0.302 e. The normalized spacial score (nSPS) is 12.4. The van der Waals surface area contributed by atoms with Crippen molar-refractivity contribution in [1.82, 2.24) is 0 Å². The Hall–Kier alpha value is -0.593. The maximum atomic E-state index is 10.9. The van der Waals surface area contributed by atoms with Crippen molar-refractivity contribution < 1.29 is 9.53 Å². The Morgan fingerprint density at radius 3 is 2.52 bits per heavy atom. The molecular weight excluding hydrogens is 366 g/mol. The number of nitrogens with zero attached hydrogens (tertiary/aromatic N) is 1. The van der Waals surface area contributed by atoms with E-state index >= 15 is 0 Å². The van der Waals surface area contributed by atoms with Gasteiger partial charge in [0.25, 0.3) is 0 Å². The second-order valence-corrected chi connectivity index (χ2v) is 13.1. The summed E-state index contributed by atoms with van der Waals surface area (Å²) in [6, 6.07) is 6.05. The Morgan fingerprint density at radius 2 is 2.05 bits per heavy atom. The molecule has 0 heterocycles. The molecule has 21 heavy (non-hydrogen) atoms. The van der Waals surface area contributed by atoms with Gasteiger partial charge in [0.1, 0.15) is 6.61 Å². The second-order valence-electron chi connectivity index (χ2n) is 5.97. The summed E-state index contributed by atoms with van der Waals surface area (Å²) in [4.78, 5) is 15.6. The van der Waals surface area contributed by atoms with Gasteiger partial charge in [0.05, 0.1) is 13.1 Å². The Morgan fingerprint density at radius 1 is 1.38 bits per heavy atom. The van der Waals surface area contributed by atoms with Gasteiger partial charge in [-0.25, -0.2) is 0 Å². The predicted octanol–water partition coefficient (Wildman–Crippen LogP) is 4.50. The molecule has 0 radical (unpaired) electrons. The number of carbonyl (C=O) groups is 1. The van der Waals surface area contributed by atoms with E-state index in [0.29, 0.717) is 0 Å². The van der Waals surface area contributed by atoms with E-state index in [1.54, 1.807) is 11.8 Å². The van der Waals surface area contributed by atoms with Gasteiger partial charge in [0.15, 0.2) is 0 Å². The van der Waals surface area contributed by atoms with Crippen LogP contribution in [0, 0.1) is 0 Å². The van der Waals surface area contributed by atoms with Crippen LogP contribution in [0.5, 0.6) is 0 Å². The van der Waals surface area contributed by atoms with Crippen molar-refractivity contribution in [2.75, 3.05) is 12.4 Å². The first-order valence-corrected chi connectivity index (χ1v) is 12.5. The average molecular weight is 388 g/mol. The zero-order valence-corrected chi connectivity index (χ0v) is 16.6. The summed E-state index contributed by atoms with van der Waals surface area (Å²) >= 11 is 5.20. The summed E-state index contributed by atoms with van der Waals surface area (Å²) < 4.78 is 5.97. The second kappa shape index (κ2) is 8.15. The molecule has 0 saturated carbocycles. The molecule has 0 spiro atoms. The van der Waals surface area contributed by atoms with Crippen molar-refractivity contribution >= 4 is 46.8 Å². The van der Waals surface area contributed by atoms with Crippen LogP contribution in [0.15, 0.2) is 27.7 Å². The molecule has 116 valence electrons. The standard InChI is InChI=1S/C15H22BrNO2SSi/c1-11(18)19-9-13-7-6-12(8-14(13)16)15(20-2)17-10-21(3,4)5/h6-8H,9-10H2,1-5H3. The zero-order chi connectivity index (χ0) is 16.0. The highest BCUT2D eigenvalue weighted by molar-refractivity contribution is 9.10. The van der Waals surface area contributed by atoms with Gasteiger partial charge in [-0.05, 0) is 12.3 Å². The molecule has 0 aromatic heterocycles. The van der Waals surface area contributed by atoms with Crippen molar-refractivity contribution in [2.24, 2.45) is 4.99 Å². The first-order chi connectivity index (χ1) is 9.73. The van der Waals surface area contributed by atoms with E-state index in [4.69, 9.17) is 9.73 Å². The molecule has 1 rings (SSSR count). The average Bonchev–Trinajstić information content (AvgIpc) is 2.37. The summed E-state index contributed by atoms with van der Waals surface area (Å²) in [5.74, 6) is -0.271. The van der Waals surface area contributed by atoms with Crippen molar-refractivity contribution in [3.05, 3.63) is 33.8 Å². The van der Waals surface area contributed by atoms with E-state index in [1.807, 2.05) is 24.5 Å². The first-order valence-electron chi connectivity index (χ1n) is 6.73. The number of rotatable bonds is 5. The number of carbonyl (C=O) groups excluding carboxylic acids is 1. The van der Waals surface area contributed by atoms with Crippen LogP contribution in [-0.4, -0.2) is 31.5 Å². The molecule has 0 atom stereocenters. The fourth-order valence-electron chi connectivity index (χ4n) is 1.56.